The third-order valence-electron chi connectivity index (χ3n) is 5.42. The molecule has 1 aliphatic heterocycles. The molecule has 1 saturated carbocycles. The summed E-state index contributed by atoms with van der Waals surface area (Å²) in [6, 6.07) is 13.5. The summed E-state index contributed by atoms with van der Waals surface area (Å²) in [7, 11) is 0. The summed E-state index contributed by atoms with van der Waals surface area (Å²) < 4.78 is 35.6. The van der Waals surface area contributed by atoms with Crippen molar-refractivity contribution in [3.05, 3.63) is 48.5 Å². The first-order chi connectivity index (χ1) is 15.0. The first-order valence-electron chi connectivity index (χ1n) is 10.4. The van der Waals surface area contributed by atoms with Gasteiger partial charge in [-0.05, 0) is 55.9 Å². The summed E-state index contributed by atoms with van der Waals surface area (Å²) in [6.07, 6.45) is 3.24. The molecule has 31 heavy (non-hydrogen) atoms. The smallest absolute Gasteiger partial charge is 0.387 e. The summed E-state index contributed by atoms with van der Waals surface area (Å²) >= 11 is 0. The van der Waals surface area contributed by atoms with Crippen LogP contribution in [0.15, 0.2) is 48.5 Å². The first kappa shape index (κ1) is 21.1. The van der Waals surface area contributed by atoms with Crippen LogP contribution in [0.1, 0.15) is 25.7 Å². The Kier molecular flexibility index (Phi) is 6.34. The number of carbonyl (C=O) groups excluding carboxylic acids is 2. The van der Waals surface area contributed by atoms with Crippen LogP contribution in [-0.4, -0.2) is 31.6 Å². The normalized spacial score (nSPS) is 18.7. The van der Waals surface area contributed by atoms with Crippen LogP contribution in [-0.2, 0) is 9.59 Å². The predicted molar refractivity (Wildman–Crippen MR) is 111 cm³/mol. The molecule has 2 aromatic carbocycles. The third kappa shape index (κ3) is 5.31. The molecule has 1 atom stereocenters. The minimum atomic E-state index is -2.98. The minimum absolute atomic E-state index is 0.0855. The van der Waals surface area contributed by atoms with Gasteiger partial charge in [-0.25, -0.2) is 0 Å². The molecule has 2 fully saturated rings. The van der Waals surface area contributed by atoms with Crippen LogP contribution in [0.4, 0.5) is 20.2 Å². The Balaban J connectivity index is 1.46. The van der Waals surface area contributed by atoms with Gasteiger partial charge in [0.1, 0.15) is 5.92 Å². The number of amides is 2. The molecule has 1 saturated heterocycles. The number of anilines is 2. The van der Waals surface area contributed by atoms with Gasteiger partial charge in [-0.1, -0.05) is 18.2 Å². The number of hydrogen-bond acceptors (Lipinski definition) is 4. The van der Waals surface area contributed by atoms with E-state index >= 15 is 0 Å². The maximum Gasteiger partial charge on any atom is 0.387 e. The molecule has 164 valence electrons. The number of halogens is 2. The van der Waals surface area contributed by atoms with Crippen molar-refractivity contribution in [1.29, 1.82) is 0 Å². The third-order valence-corrected chi connectivity index (χ3v) is 5.42. The second-order valence-corrected chi connectivity index (χ2v) is 7.80. The lowest BCUT2D eigenvalue weighted by molar-refractivity contribution is -0.132. The fraction of sp³-hybridized carbons (Fsp3) is 0.391. The second kappa shape index (κ2) is 9.32. The number of alkyl halides is 2. The molecule has 1 heterocycles. The number of rotatable bonds is 8. The molecule has 2 amide bonds. The molecule has 8 heteroatoms. The summed E-state index contributed by atoms with van der Waals surface area (Å²) in [4.78, 5) is 27.4. The Hall–Kier alpha value is -3.16. The van der Waals surface area contributed by atoms with E-state index in [4.69, 9.17) is 4.74 Å². The topological polar surface area (TPSA) is 67.9 Å². The van der Waals surface area contributed by atoms with E-state index < -0.39 is 18.4 Å². The maximum atomic E-state index is 12.9. The number of nitrogens with one attached hydrogen (secondary N) is 1. The average Bonchev–Trinajstić information content (AvgIpc) is 3.58. The van der Waals surface area contributed by atoms with E-state index in [-0.39, 0.29) is 17.4 Å². The largest absolute Gasteiger partial charge is 0.489 e. The lowest BCUT2D eigenvalue weighted by Crippen LogP contribution is -2.46. The van der Waals surface area contributed by atoms with E-state index in [1.807, 2.05) is 30.3 Å². The molecule has 2 aromatic rings. The van der Waals surface area contributed by atoms with Crippen LogP contribution >= 0.6 is 0 Å². The zero-order chi connectivity index (χ0) is 21.8. The molecule has 0 bridgehead atoms. The highest BCUT2D eigenvalue weighted by atomic mass is 19.3. The van der Waals surface area contributed by atoms with Gasteiger partial charge < -0.3 is 19.7 Å². The molecule has 2 aliphatic rings. The van der Waals surface area contributed by atoms with E-state index in [1.54, 1.807) is 4.90 Å². The van der Waals surface area contributed by atoms with Crippen molar-refractivity contribution in [2.75, 3.05) is 23.4 Å². The van der Waals surface area contributed by atoms with Crippen molar-refractivity contribution in [1.82, 2.24) is 0 Å². The van der Waals surface area contributed by atoms with Crippen molar-refractivity contribution in [3.63, 3.8) is 0 Å². The SMILES string of the molecule is O=C(Nc1ccc(OC(F)F)c(OCC2CC2)c1)[C@@H]1CCCN(c2ccccc2)C1=O. The summed E-state index contributed by atoms with van der Waals surface area (Å²) in [5.74, 6) is -1.02. The van der Waals surface area contributed by atoms with E-state index in [2.05, 4.69) is 10.1 Å². The lowest BCUT2D eigenvalue weighted by Gasteiger charge is -2.31. The van der Waals surface area contributed by atoms with Crippen molar-refractivity contribution in [2.24, 2.45) is 11.8 Å². The standard InChI is InChI=1S/C23H24F2N2O4/c24-23(25)31-19-11-10-16(13-20(19)30-14-15-8-9-15)26-21(28)18-7-4-12-27(22(18)29)17-5-2-1-3-6-17/h1-3,5-6,10-11,13,15,18,23H,4,7-9,12,14H2,(H,26,28)/t18-/m0/s1. The average molecular weight is 430 g/mol. The van der Waals surface area contributed by atoms with Crippen LogP contribution in [0.2, 0.25) is 0 Å². The Morgan fingerprint density at radius 1 is 1.10 bits per heavy atom. The van der Waals surface area contributed by atoms with Gasteiger partial charge in [0.25, 0.3) is 0 Å². The maximum absolute atomic E-state index is 12.9. The molecule has 1 N–H and O–H groups in total. The highest BCUT2D eigenvalue weighted by Crippen LogP contribution is 2.35. The van der Waals surface area contributed by atoms with E-state index in [0.717, 1.165) is 18.5 Å². The molecule has 1 aliphatic carbocycles. The monoisotopic (exact) mass is 430 g/mol. The van der Waals surface area contributed by atoms with Crippen molar-refractivity contribution in [3.8, 4) is 11.5 Å². The van der Waals surface area contributed by atoms with Crippen LogP contribution in [0.3, 0.4) is 0 Å². The number of benzene rings is 2. The Morgan fingerprint density at radius 2 is 1.87 bits per heavy atom. The summed E-state index contributed by atoms with van der Waals surface area (Å²) in [6.45, 7) is -2.01. The molecule has 4 rings (SSSR count). The van der Waals surface area contributed by atoms with Gasteiger partial charge in [0.05, 0.1) is 6.61 Å². The number of piperidine rings is 1. The minimum Gasteiger partial charge on any atom is -0.489 e. The van der Waals surface area contributed by atoms with Crippen LogP contribution in [0, 0.1) is 11.8 Å². The fourth-order valence-corrected chi connectivity index (χ4v) is 3.60. The van der Waals surface area contributed by atoms with Crippen LogP contribution < -0.4 is 19.7 Å². The van der Waals surface area contributed by atoms with Gasteiger partial charge in [-0.15, -0.1) is 0 Å². The molecular formula is C23H24F2N2O4. The number of carbonyl (C=O) groups is 2. The highest BCUT2D eigenvalue weighted by molar-refractivity contribution is 6.12. The number of nitrogens with zero attached hydrogens (tertiary/aromatic N) is 1. The molecular weight excluding hydrogens is 406 g/mol. The quantitative estimate of drug-likeness (QED) is 0.628. The summed E-state index contributed by atoms with van der Waals surface area (Å²) in [5.41, 5.74) is 1.12. The van der Waals surface area contributed by atoms with Crippen molar-refractivity contribution >= 4 is 23.2 Å². The summed E-state index contributed by atoms with van der Waals surface area (Å²) in [5, 5.41) is 2.73. The van der Waals surface area contributed by atoms with Crippen LogP contribution in [0.25, 0.3) is 0 Å². The van der Waals surface area contributed by atoms with Crippen molar-refractivity contribution < 1.29 is 27.8 Å². The van der Waals surface area contributed by atoms with E-state index in [9.17, 15) is 18.4 Å². The molecule has 0 unspecified atom stereocenters. The van der Waals surface area contributed by atoms with Gasteiger partial charge in [-0.3, -0.25) is 9.59 Å². The highest BCUT2D eigenvalue weighted by Gasteiger charge is 2.35. The number of hydrogen-bond donors (Lipinski definition) is 1. The van der Waals surface area contributed by atoms with Gasteiger partial charge in [0.2, 0.25) is 11.8 Å². The fourth-order valence-electron chi connectivity index (χ4n) is 3.60. The van der Waals surface area contributed by atoms with Gasteiger partial charge in [0, 0.05) is 24.0 Å². The predicted octanol–water partition coefficient (Wildman–Crippen LogP) is 4.46. The van der Waals surface area contributed by atoms with Gasteiger partial charge in [0.15, 0.2) is 11.5 Å². The van der Waals surface area contributed by atoms with Crippen LogP contribution in [0.5, 0.6) is 11.5 Å². The first-order valence-corrected chi connectivity index (χ1v) is 10.4. The molecule has 0 radical (unpaired) electrons. The molecule has 6 nitrogen and oxygen atoms in total. The van der Waals surface area contributed by atoms with Crippen molar-refractivity contribution in [2.45, 2.75) is 32.3 Å². The number of ether oxygens (including phenoxy) is 2. The molecule has 0 aromatic heterocycles. The van der Waals surface area contributed by atoms with E-state index in [1.165, 1.54) is 18.2 Å². The zero-order valence-corrected chi connectivity index (χ0v) is 16.9. The molecule has 0 spiro atoms. The Bertz CT molecular complexity index is 934. The van der Waals surface area contributed by atoms with Gasteiger partial charge >= 0.3 is 6.61 Å². The lowest BCUT2D eigenvalue weighted by atomic mass is 9.95. The van der Waals surface area contributed by atoms with Gasteiger partial charge in [-0.2, -0.15) is 8.78 Å². The Labute approximate surface area is 179 Å². The number of para-hydroxylation sites is 1. The van der Waals surface area contributed by atoms with E-state index in [0.29, 0.717) is 37.6 Å². The second-order valence-electron chi connectivity index (χ2n) is 7.80. The Morgan fingerprint density at radius 3 is 2.58 bits per heavy atom. The zero-order valence-electron chi connectivity index (χ0n) is 16.9.